The van der Waals surface area contributed by atoms with Crippen LogP contribution in [-0.2, 0) is 40.4 Å². The van der Waals surface area contributed by atoms with E-state index in [1.807, 2.05) is 4.90 Å². The molecule has 0 aromatic heterocycles. The molecule has 7 nitrogen and oxygen atoms in total. The summed E-state index contributed by atoms with van der Waals surface area (Å²) in [6.07, 6.45) is 6.15. The van der Waals surface area contributed by atoms with E-state index < -0.39 is 16.1 Å². The number of urea groups is 1. The second-order valence-corrected chi connectivity index (χ2v) is 9.40. The Bertz CT molecular complexity index is 806. The number of nitrogens with zero attached hydrogens (tertiary/aromatic N) is 1. The minimum atomic E-state index is -3.67. The normalized spacial score (nSPS) is 18.9. The standard InChI is InChI=1S/C19H27N3O4S.K/c23-19(21-27(24,25)12-9-22-7-10-26-11-8-22)20-18-16-5-1-3-14(16)13-15-4-2-6-17(15)18;/h13H,1-12H2,(H2,20,21,23);. The van der Waals surface area contributed by atoms with Crippen LogP contribution < -0.4 is 10.0 Å². The predicted octanol–water partition coefficient (Wildman–Crippen LogP) is 1.07. The zero-order valence-corrected chi connectivity index (χ0v) is 20.5. The first-order valence-corrected chi connectivity index (χ1v) is 11.5. The smallest absolute Gasteiger partial charge is 0.332 e. The maximum Gasteiger partial charge on any atom is 0.332 e. The van der Waals surface area contributed by atoms with Crippen LogP contribution in [0, 0.1) is 0 Å². The average Bonchev–Trinajstić information content (AvgIpc) is 3.29. The van der Waals surface area contributed by atoms with Crippen molar-refractivity contribution in [2.45, 2.75) is 38.5 Å². The molecule has 1 heterocycles. The third-order valence-corrected chi connectivity index (χ3v) is 6.96. The maximum absolute atomic E-state index is 12.4. The Balaban J connectivity index is 0.00000225. The fourth-order valence-corrected chi connectivity index (χ4v) is 5.31. The van der Waals surface area contributed by atoms with Crippen molar-refractivity contribution in [2.24, 2.45) is 0 Å². The molecule has 28 heavy (non-hydrogen) atoms. The van der Waals surface area contributed by atoms with E-state index in [2.05, 4.69) is 16.1 Å². The summed E-state index contributed by atoms with van der Waals surface area (Å²) in [5.41, 5.74) is 5.86. The third kappa shape index (κ3) is 5.37. The molecule has 3 aliphatic rings. The van der Waals surface area contributed by atoms with Crippen molar-refractivity contribution >= 4 is 73.1 Å². The molecule has 1 fully saturated rings. The molecule has 2 N–H and O–H groups in total. The zero-order chi connectivity index (χ0) is 18.9. The van der Waals surface area contributed by atoms with Crippen molar-refractivity contribution in [1.29, 1.82) is 0 Å². The van der Waals surface area contributed by atoms with E-state index >= 15 is 0 Å². The van der Waals surface area contributed by atoms with Gasteiger partial charge >= 0.3 is 6.03 Å². The summed E-state index contributed by atoms with van der Waals surface area (Å²) in [6.45, 7) is 3.10. The topological polar surface area (TPSA) is 87.7 Å². The van der Waals surface area contributed by atoms with E-state index in [1.165, 1.54) is 22.3 Å². The molecule has 1 aromatic carbocycles. The number of amides is 2. The SMILES string of the molecule is O=C(Nc1c2c(cc3c1CCC3)CCC2)NS(=O)(=O)CCN1CCOCC1.[K]. The summed E-state index contributed by atoms with van der Waals surface area (Å²) in [5.74, 6) is -0.0918. The Morgan fingerprint density at radius 2 is 1.64 bits per heavy atom. The number of rotatable bonds is 5. The van der Waals surface area contributed by atoms with Crippen LogP contribution >= 0.6 is 0 Å². The van der Waals surface area contributed by atoms with Gasteiger partial charge in [0.1, 0.15) is 0 Å². The molecule has 1 radical (unpaired) electrons. The molecule has 1 aliphatic heterocycles. The van der Waals surface area contributed by atoms with Crippen LogP contribution in [0.5, 0.6) is 0 Å². The minimum Gasteiger partial charge on any atom is -0.379 e. The molecule has 2 aliphatic carbocycles. The molecule has 0 unspecified atom stereocenters. The van der Waals surface area contributed by atoms with Crippen LogP contribution in [0.4, 0.5) is 10.5 Å². The summed E-state index contributed by atoms with van der Waals surface area (Å²) in [5, 5.41) is 2.87. The number of hydrogen-bond acceptors (Lipinski definition) is 5. The number of morpholine rings is 1. The van der Waals surface area contributed by atoms with Gasteiger partial charge in [-0.25, -0.2) is 17.9 Å². The summed E-state index contributed by atoms with van der Waals surface area (Å²) in [6, 6.07) is 1.64. The molecule has 9 heteroatoms. The molecule has 149 valence electrons. The molecule has 0 atom stereocenters. The van der Waals surface area contributed by atoms with Gasteiger partial charge in [0.25, 0.3) is 0 Å². The fourth-order valence-electron chi connectivity index (χ4n) is 4.37. The van der Waals surface area contributed by atoms with Gasteiger partial charge in [-0.2, -0.15) is 0 Å². The number of hydrogen-bond donors (Lipinski definition) is 2. The van der Waals surface area contributed by atoms with Gasteiger partial charge in [-0.15, -0.1) is 0 Å². The number of carbonyl (C=O) groups is 1. The van der Waals surface area contributed by atoms with Gasteiger partial charge < -0.3 is 10.1 Å². The number of nitrogens with one attached hydrogen (secondary N) is 2. The van der Waals surface area contributed by atoms with Crippen molar-refractivity contribution < 1.29 is 17.9 Å². The van der Waals surface area contributed by atoms with Gasteiger partial charge in [0.2, 0.25) is 10.0 Å². The van der Waals surface area contributed by atoms with Gasteiger partial charge in [0.15, 0.2) is 0 Å². The van der Waals surface area contributed by atoms with Gasteiger partial charge in [-0.3, -0.25) is 4.90 Å². The van der Waals surface area contributed by atoms with E-state index in [0.717, 1.165) is 57.3 Å². The fraction of sp³-hybridized carbons (Fsp3) is 0.632. The molecule has 2 amide bonds. The van der Waals surface area contributed by atoms with Crippen molar-refractivity contribution in [2.75, 3.05) is 43.9 Å². The number of aryl methyl sites for hydroxylation is 2. The molecule has 0 saturated carbocycles. The van der Waals surface area contributed by atoms with Gasteiger partial charge in [0.05, 0.1) is 19.0 Å². The first kappa shape index (κ1) is 22.7. The van der Waals surface area contributed by atoms with Crippen LogP contribution in [0.2, 0.25) is 0 Å². The molecular weight excluding hydrogens is 405 g/mol. The summed E-state index contributed by atoms with van der Waals surface area (Å²) >= 11 is 0. The Morgan fingerprint density at radius 1 is 1.04 bits per heavy atom. The summed E-state index contributed by atoms with van der Waals surface area (Å²) < 4.78 is 32.1. The molecule has 4 rings (SSSR count). The first-order valence-electron chi connectivity index (χ1n) is 9.80. The van der Waals surface area contributed by atoms with Crippen molar-refractivity contribution in [3.05, 3.63) is 28.3 Å². The average molecular weight is 433 g/mol. The van der Waals surface area contributed by atoms with E-state index in [1.54, 1.807) is 0 Å². The zero-order valence-electron chi connectivity index (χ0n) is 16.6. The Labute approximate surface area is 209 Å². The van der Waals surface area contributed by atoms with E-state index in [-0.39, 0.29) is 57.1 Å². The largest absolute Gasteiger partial charge is 0.379 e. The van der Waals surface area contributed by atoms with Crippen LogP contribution in [0.1, 0.15) is 35.1 Å². The van der Waals surface area contributed by atoms with E-state index in [4.69, 9.17) is 4.74 Å². The number of ether oxygens (including phenoxy) is 1. The second kappa shape index (κ2) is 9.87. The molecule has 0 bridgehead atoms. The summed E-state index contributed by atoms with van der Waals surface area (Å²) in [7, 11) is -3.67. The van der Waals surface area contributed by atoms with Crippen molar-refractivity contribution in [1.82, 2.24) is 9.62 Å². The van der Waals surface area contributed by atoms with Crippen LogP contribution in [0.25, 0.3) is 0 Å². The van der Waals surface area contributed by atoms with Gasteiger partial charge in [-0.1, -0.05) is 6.07 Å². The van der Waals surface area contributed by atoms with Crippen LogP contribution in [-0.4, -0.2) is 109 Å². The summed E-state index contributed by atoms with van der Waals surface area (Å²) in [4.78, 5) is 14.5. The van der Waals surface area contributed by atoms with E-state index in [9.17, 15) is 13.2 Å². The molecule has 1 aromatic rings. The number of carbonyl (C=O) groups excluding carboxylic acids is 1. The van der Waals surface area contributed by atoms with Crippen molar-refractivity contribution in [3.8, 4) is 0 Å². The molecule has 0 spiro atoms. The minimum absolute atomic E-state index is 0. The Morgan fingerprint density at radius 3 is 2.25 bits per heavy atom. The van der Waals surface area contributed by atoms with Crippen LogP contribution in [0.15, 0.2) is 6.07 Å². The number of fused-ring (bicyclic) bond motifs is 2. The van der Waals surface area contributed by atoms with Gasteiger partial charge in [-0.05, 0) is 60.8 Å². The monoisotopic (exact) mass is 432 g/mol. The molecule has 1 saturated heterocycles. The second-order valence-electron chi connectivity index (χ2n) is 7.56. The Kier molecular flexibility index (Phi) is 7.99. The van der Waals surface area contributed by atoms with Gasteiger partial charge in [0, 0.05) is 76.7 Å². The number of benzene rings is 1. The number of anilines is 1. The predicted molar refractivity (Wildman–Crippen MR) is 109 cm³/mol. The maximum atomic E-state index is 12.4. The Hall–Kier alpha value is -0.00364. The third-order valence-electron chi connectivity index (χ3n) is 5.74. The van der Waals surface area contributed by atoms with Crippen LogP contribution in [0.3, 0.4) is 0 Å². The number of sulfonamides is 1. The quantitative estimate of drug-likeness (QED) is 0.680. The van der Waals surface area contributed by atoms with Crippen molar-refractivity contribution in [3.63, 3.8) is 0 Å². The van der Waals surface area contributed by atoms with E-state index in [0.29, 0.717) is 19.8 Å². The first-order chi connectivity index (χ1) is 13.0. The molecular formula is C19H27KN3O4S.